The monoisotopic (exact) mass is 404 g/mol. The van der Waals surface area contributed by atoms with E-state index in [0.29, 0.717) is 6.42 Å². The number of nitrogens with zero attached hydrogens (tertiary/aromatic N) is 2. The Morgan fingerprint density at radius 2 is 1.65 bits per heavy atom. The molecule has 0 unspecified atom stereocenters. The number of aromatic amines is 1. The number of nitrogens with one attached hydrogen (secondary N) is 2. The molecule has 1 aromatic heterocycles. The molecule has 2 N–H and O–H groups in total. The predicted octanol–water partition coefficient (Wildman–Crippen LogP) is 5.38. The first-order valence-corrected chi connectivity index (χ1v) is 9.14. The molecule has 128 valence electrons. The molecule has 0 aliphatic heterocycles. The second-order valence-corrected chi connectivity index (χ2v) is 6.84. The lowest BCUT2D eigenvalue weighted by Crippen LogP contribution is -2.09. The first kappa shape index (κ1) is 16.5. The Kier molecular flexibility index (Phi) is 4.80. The number of rotatable bonds is 5. The third-order valence-corrected chi connectivity index (χ3v) is 4.57. The summed E-state index contributed by atoms with van der Waals surface area (Å²) < 4.78 is 1.04. The van der Waals surface area contributed by atoms with Gasteiger partial charge in [-0.2, -0.15) is 5.10 Å². The summed E-state index contributed by atoms with van der Waals surface area (Å²) in [6.07, 6.45) is 0.607. The van der Waals surface area contributed by atoms with E-state index in [4.69, 9.17) is 0 Å². The lowest BCUT2D eigenvalue weighted by molar-refractivity contribution is 1.09. The maximum absolute atomic E-state index is 4.68. The van der Waals surface area contributed by atoms with Crippen LogP contribution >= 0.6 is 15.9 Å². The molecule has 0 bridgehead atoms. The molecule has 0 saturated heterocycles. The Hall–Kier alpha value is -2.92. The highest BCUT2D eigenvalue weighted by atomic mass is 79.9. The number of imidazole rings is 1. The van der Waals surface area contributed by atoms with Gasteiger partial charge in [-0.25, -0.2) is 4.98 Å². The third-order valence-electron chi connectivity index (χ3n) is 4.04. The van der Waals surface area contributed by atoms with Crippen LogP contribution in [-0.2, 0) is 6.42 Å². The highest BCUT2D eigenvalue weighted by Gasteiger charge is 2.10. The zero-order chi connectivity index (χ0) is 17.8. The quantitative estimate of drug-likeness (QED) is 0.346. The van der Waals surface area contributed by atoms with Crippen molar-refractivity contribution in [3.63, 3.8) is 0 Å². The number of aromatic nitrogens is 2. The molecule has 0 fully saturated rings. The van der Waals surface area contributed by atoms with Gasteiger partial charge in [0, 0.05) is 4.47 Å². The Balaban J connectivity index is 1.66. The Morgan fingerprint density at radius 1 is 0.923 bits per heavy atom. The van der Waals surface area contributed by atoms with E-state index in [2.05, 4.69) is 48.6 Å². The zero-order valence-electron chi connectivity index (χ0n) is 14.0. The smallest absolute Gasteiger partial charge is 0.113 e. The maximum atomic E-state index is 4.68. The van der Waals surface area contributed by atoms with Crippen molar-refractivity contribution in [2.75, 3.05) is 5.43 Å². The van der Waals surface area contributed by atoms with Crippen LogP contribution in [0.3, 0.4) is 0 Å². The number of hydrazone groups is 1. The average molecular weight is 405 g/mol. The number of H-pyrrole nitrogens is 1. The van der Waals surface area contributed by atoms with Crippen LogP contribution < -0.4 is 5.43 Å². The number of para-hydroxylation sites is 3. The van der Waals surface area contributed by atoms with Gasteiger partial charge in [0.2, 0.25) is 0 Å². The van der Waals surface area contributed by atoms with Crippen LogP contribution in [0.15, 0.2) is 88.4 Å². The molecule has 0 spiro atoms. The minimum absolute atomic E-state index is 0.607. The first-order chi connectivity index (χ1) is 12.8. The fourth-order valence-corrected chi connectivity index (χ4v) is 3.01. The van der Waals surface area contributed by atoms with E-state index < -0.39 is 0 Å². The molecule has 0 atom stereocenters. The van der Waals surface area contributed by atoms with Crippen LogP contribution in [0.1, 0.15) is 11.4 Å². The normalized spacial score (nSPS) is 11.7. The molecule has 4 rings (SSSR count). The maximum Gasteiger partial charge on any atom is 0.113 e. The predicted molar refractivity (Wildman–Crippen MR) is 111 cm³/mol. The van der Waals surface area contributed by atoms with E-state index >= 15 is 0 Å². The van der Waals surface area contributed by atoms with E-state index in [9.17, 15) is 0 Å². The summed E-state index contributed by atoms with van der Waals surface area (Å²) in [5, 5.41) is 4.65. The van der Waals surface area contributed by atoms with Crippen molar-refractivity contribution in [3.05, 3.63) is 94.7 Å². The van der Waals surface area contributed by atoms with E-state index in [0.717, 1.165) is 38.3 Å². The van der Waals surface area contributed by atoms with Gasteiger partial charge in [-0.1, -0.05) is 58.4 Å². The molecule has 0 amide bonds. The lowest BCUT2D eigenvalue weighted by Gasteiger charge is -2.07. The topological polar surface area (TPSA) is 53.1 Å². The summed E-state index contributed by atoms with van der Waals surface area (Å²) in [4.78, 5) is 8.05. The van der Waals surface area contributed by atoms with Crippen molar-refractivity contribution in [3.8, 4) is 0 Å². The number of hydrogen-bond acceptors (Lipinski definition) is 3. The van der Waals surface area contributed by atoms with Gasteiger partial charge in [0.1, 0.15) is 5.82 Å². The van der Waals surface area contributed by atoms with Crippen LogP contribution in [0.5, 0.6) is 0 Å². The number of fused-ring (bicyclic) bond motifs is 1. The van der Waals surface area contributed by atoms with E-state index in [1.165, 1.54) is 0 Å². The minimum atomic E-state index is 0.607. The fraction of sp³-hybridized carbons (Fsp3) is 0.0476. The van der Waals surface area contributed by atoms with Gasteiger partial charge in [-0.15, -0.1) is 0 Å². The molecule has 4 nitrogen and oxygen atoms in total. The van der Waals surface area contributed by atoms with E-state index in [1.54, 1.807) is 0 Å². The van der Waals surface area contributed by atoms with E-state index in [-0.39, 0.29) is 0 Å². The van der Waals surface area contributed by atoms with Crippen molar-refractivity contribution in [1.29, 1.82) is 0 Å². The Bertz CT molecular complexity index is 1000. The molecule has 4 aromatic rings. The van der Waals surface area contributed by atoms with Gasteiger partial charge in [-0.05, 0) is 42.0 Å². The molecular weight excluding hydrogens is 388 g/mol. The van der Waals surface area contributed by atoms with Crippen molar-refractivity contribution in [1.82, 2.24) is 9.97 Å². The largest absolute Gasteiger partial charge is 0.342 e. The summed E-state index contributed by atoms with van der Waals surface area (Å²) >= 11 is 3.49. The minimum Gasteiger partial charge on any atom is -0.342 e. The van der Waals surface area contributed by atoms with E-state index in [1.807, 2.05) is 66.7 Å². The van der Waals surface area contributed by atoms with Crippen molar-refractivity contribution in [2.24, 2.45) is 5.10 Å². The summed E-state index contributed by atoms with van der Waals surface area (Å²) in [6.45, 7) is 0. The molecule has 0 radical (unpaired) electrons. The Morgan fingerprint density at radius 3 is 2.42 bits per heavy atom. The summed E-state index contributed by atoms with van der Waals surface area (Å²) in [7, 11) is 0. The van der Waals surface area contributed by atoms with Gasteiger partial charge < -0.3 is 4.98 Å². The summed E-state index contributed by atoms with van der Waals surface area (Å²) in [6, 6.07) is 26.1. The van der Waals surface area contributed by atoms with Crippen molar-refractivity contribution >= 4 is 38.4 Å². The third kappa shape index (κ3) is 3.83. The van der Waals surface area contributed by atoms with Gasteiger partial charge in [0.15, 0.2) is 0 Å². The fourth-order valence-electron chi connectivity index (χ4n) is 2.74. The van der Waals surface area contributed by atoms with Crippen LogP contribution in [0.4, 0.5) is 5.69 Å². The molecule has 26 heavy (non-hydrogen) atoms. The highest BCUT2D eigenvalue weighted by molar-refractivity contribution is 9.10. The van der Waals surface area contributed by atoms with Crippen molar-refractivity contribution < 1.29 is 0 Å². The van der Waals surface area contributed by atoms with Gasteiger partial charge in [0.25, 0.3) is 0 Å². The highest BCUT2D eigenvalue weighted by Crippen LogP contribution is 2.16. The van der Waals surface area contributed by atoms with Crippen LogP contribution in [0.2, 0.25) is 0 Å². The molecule has 1 heterocycles. The first-order valence-electron chi connectivity index (χ1n) is 8.35. The molecule has 0 aliphatic rings. The number of halogens is 1. The Labute approximate surface area is 160 Å². The molecule has 3 aromatic carbocycles. The second-order valence-electron chi connectivity index (χ2n) is 5.92. The van der Waals surface area contributed by atoms with Crippen LogP contribution in [0, 0.1) is 0 Å². The summed E-state index contributed by atoms with van der Waals surface area (Å²) in [5.74, 6) is 0.891. The molecule has 0 aliphatic carbocycles. The number of hydrogen-bond donors (Lipinski definition) is 2. The molecule has 5 heteroatoms. The van der Waals surface area contributed by atoms with Gasteiger partial charge >= 0.3 is 0 Å². The van der Waals surface area contributed by atoms with Crippen molar-refractivity contribution in [2.45, 2.75) is 6.42 Å². The van der Waals surface area contributed by atoms with Crippen LogP contribution in [-0.4, -0.2) is 15.7 Å². The van der Waals surface area contributed by atoms with Gasteiger partial charge in [-0.3, -0.25) is 5.43 Å². The van der Waals surface area contributed by atoms with Gasteiger partial charge in [0.05, 0.1) is 28.9 Å². The SMILES string of the molecule is Brc1ccc(/C(Cc2nc3ccccc3[nH]2)=N/Nc2ccccc2)cc1. The lowest BCUT2D eigenvalue weighted by atomic mass is 10.1. The van der Waals surface area contributed by atoms with Crippen LogP contribution in [0.25, 0.3) is 11.0 Å². The standard InChI is InChI=1S/C21H17BrN4/c22-16-12-10-15(11-13-16)20(26-25-17-6-2-1-3-7-17)14-21-23-18-8-4-5-9-19(18)24-21/h1-13,25H,14H2,(H,23,24)/b26-20+. The molecular formula is C21H17BrN4. The number of anilines is 1. The second kappa shape index (κ2) is 7.54. The zero-order valence-corrected chi connectivity index (χ0v) is 15.6. The molecule has 0 saturated carbocycles. The summed E-state index contributed by atoms with van der Waals surface area (Å²) in [5.41, 5.74) is 8.07. The number of benzene rings is 3. The average Bonchev–Trinajstić information content (AvgIpc) is 3.09.